The van der Waals surface area contributed by atoms with Crippen molar-refractivity contribution < 1.29 is 8.42 Å². The van der Waals surface area contributed by atoms with Crippen molar-refractivity contribution in [2.45, 2.75) is 26.1 Å². The molecule has 98 valence electrons. The molecule has 0 amide bonds. The first-order chi connectivity index (χ1) is 8.50. The number of aryl methyl sites for hydroxylation is 1. The van der Waals surface area contributed by atoms with Crippen LogP contribution in [0.3, 0.4) is 0 Å². The van der Waals surface area contributed by atoms with E-state index in [2.05, 4.69) is 17.0 Å². The molecule has 2 rings (SSSR count). The molecule has 6 heteroatoms. The van der Waals surface area contributed by atoms with Crippen molar-refractivity contribution in [1.29, 1.82) is 0 Å². The maximum Gasteiger partial charge on any atom is 0.173 e. The molecule has 0 aliphatic carbocycles. The first-order valence-corrected chi connectivity index (χ1v) is 7.50. The van der Waals surface area contributed by atoms with E-state index in [1.54, 1.807) is 12.2 Å². The summed E-state index contributed by atoms with van der Waals surface area (Å²) in [4.78, 5) is 0. The van der Waals surface area contributed by atoms with Crippen LogP contribution in [0.25, 0.3) is 0 Å². The third kappa shape index (κ3) is 3.08. The first kappa shape index (κ1) is 13.0. The Kier molecular flexibility index (Phi) is 3.68. The molecular weight excluding hydrogens is 250 g/mol. The molecule has 0 bridgehead atoms. The van der Waals surface area contributed by atoms with Crippen LogP contribution >= 0.6 is 0 Å². The van der Waals surface area contributed by atoms with Crippen LogP contribution in [-0.4, -0.2) is 30.0 Å². The van der Waals surface area contributed by atoms with E-state index in [1.165, 1.54) is 5.41 Å². The van der Waals surface area contributed by atoms with Crippen molar-refractivity contribution in [1.82, 2.24) is 15.1 Å². The molecule has 2 heterocycles. The maximum atomic E-state index is 11.3. The molecule has 1 aliphatic rings. The monoisotopic (exact) mass is 267 g/mol. The minimum Gasteiger partial charge on any atom is -0.305 e. The van der Waals surface area contributed by atoms with E-state index in [0.29, 0.717) is 13.1 Å². The van der Waals surface area contributed by atoms with Crippen LogP contribution in [0.2, 0.25) is 0 Å². The van der Waals surface area contributed by atoms with Crippen molar-refractivity contribution in [3.8, 4) is 0 Å². The highest BCUT2D eigenvalue weighted by atomic mass is 32.2. The van der Waals surface area contributed by atoms with Crippen molar-refractivity contribution in [2.24, 2.45) is 0 Å². The Morgan fingerprint density at radius 3 is 3.06 bits per heavy atom. The average Bonchev–Trinajstić information content (AvgIpc) is 2.80. The molecule has 1 aromatic heterocycles. The van der Waals surface area contributed by atoms with E-state index in [4.69, 9.17) is 0 Å². The van der Waals surface area contributed by atoms with Gasteiger partial charge in [0.15, 0.2) is 9.84 Å². The summed E-state index contributed by atoms with van der Waals surface area (Å²) in [6.45, 7) is 6.91. The first-order valence-electron chi connectivity index (χ1n) is 5.78. The van der Waals surface area contributed by atoms with Crippen LogP contribution in [0.15, 0.2) is 30.3 Å². The molecule has 1 aromatic rings. The van der Waals surface area contributed by atoms with Crippen molar-refractivity contribution in [2.75, 3.05) is 5.75 Å². The summed E-state index contributed by atoms with van der Waals surface area (Å²) in [6.07, 6.45) is 5.44. The number of hydrogen-bond donors (Lipinski definition) is 1. The van der Waals surface area contributed by atoms with Gasteiger partial charge in [0.1, 0.15) is 0 Å². The van der Waals surface area contributed by atoms with E-state index in [0.717, 1.165) is 11.3 Å². The zero-order chi connectivity index (χ0) is 13.2. The van der Waals surface area contributed by atoms with E-state index >= 15 is 0 Å². The van der Waals surface area contributed by atoms with Gasteiger partial charge in [-0.1, -0.05) is 12.2 Å². The highest BCUT2D eigenvalue weighted by Crippen LogP contribution is 2.10. The van der Waals surface area contributed by atoms with Crippen molar-refractivity contribution in [3.63, 3.8) is 0 Å². The molecule has 0 aromatic carbocycles. The summed E-state index contributed by atoms with van der Waals surface area (Å²) in [5.74, 6) is 0.146. The zero-order valence-corrected chi connectivity index (χ0v) is 11.2. The van der Waals surface area contributed by atoms with Crippen LogP contribution in [0, 0.1) is 6.92 Å². The van der Waals surface area contributed by atoms with Crippen LogP contribution in [0.4, 0.5) is 0 Å². The van der Waals surface area contributed by atoms with Gasteiger partial charge in [-0.25, -0.2) is 8.42 Å². The molecule has 5 nitrogen and oxygen atoms in total. The van der Waals surface area contributed by atoms with Crippen LogP contribution in [0.5, 0.6) is 0 Å². The summed E-state index contributed by atoms with van der Waals surface area (Å²) in [6, 6.07) is -0.0999. The Morgan fingerprint density at radius 1 is 1.67 bits per heavy atom. The number of sulfone groups is 1. The van der Waals surface area contributed by atoms with E-state index in [9.17, 15) is 8.42 Å². The summed E-state index contributed by atoms with van der Waals surface area (Å²) in [5, 5.41) is 8.82. The summed E-state index contributed by atoms with van der Waals surface area (Å²) in [7, 11) is -2.99. The summed E-state index contributed by atoms with van der Waals surface area (Å²) < 4.78 is 24.3. The number of nitrogens with one attached hydrogen (secondary N) is 1. The van der Waals surface area contributed by atoms with Gasteiger partial charge in [-0.3, -0.25) is 4.68 Å². The van der Waals surface area contributed by atoms with Gasteiger partial charge in [-0.15, -0.1) is 6.58 Å². The minimum absolute atomic E-state index is 0.0999. The SMILES string of the molecule is C=CCn1cc(CN[C@H]2C=CS(=O)(=O)C2)c(C)n1. The Labute approximate surface area is 107 Å². The third-order valence-electron chi connectivity index (χ3n) is 2.85. The van der Waals surface area contributed by atoms with Gasteiger partial charge in [0.25, 0.3) is 0 Å². The highest BCUT2D eigenvalue weighted by Gasteiger charge is 2.21. The lowest BCUT2D eigenvalue weighted by atomic mass is 10.2. The quantitative estimate of drug-likeness (QED) is 0.801. The number of hydrogen-bond acceptors (Lipinski definition) is 4. The third-order valence-corrected chi connectivity index (χ3v) is 4.24. The molecular formula is C12H17N3O2S. The molecule has 0 saturated carbocycles. The van der Waals surface area contributed by atoms with Gasteiger partial charge in [-0.05, 0) is 6.92 Å². The lowest BCUT2D eigenvalue weighted by Crippen LogP contribution is -2.29. The Bertz CT molecular complexity index is 572. The normalized spacial score (nSPS) is 21.3. The number of allylic oxidation sites excluding steroid dienone is 1. The lowest BCUT2D eigenvalue weighted by Gasteiger charge is -2.08. The second-order valence-corrected chi connectivity index (χ2v) is 6.33. The fourth-order valence-electron chi connectivity index (χ4n) is 1.90. The highest BCUT2D eigenvalue weighted by molar-refractivity contribution is 7.94. The molecule has 0 fully saturated rings. The molecule has 1 aliphatic heterocycles. The van der Waals surface area contributed by atoms with Gasteiger partial charge in [0.2, 0.25) is 0 Å². The van der Waals surface area contributed by atoms with E-state index in [1.807, 2.05) is 17.8 Å². The van der Waals surface area contributed by atoms with Crippen LogP contribution in [0.1, 0.15) is 11.3 Å². The molecule has 0 radical (unpaired) electrons. The molecule has 0 saturated heterocycles. The molecule has 1 atom stereocenters. The Balaban J connectivity index is 1.95. The topological polar surface area (TPSA) is 64.0 Å². The van der Waals surface area contributed by atoms with E-state index in [-0.39, 0.29) is 11.8 Å². The van der Waals surface area contributed by atoms with Gasteiger partial charge in [0.05, 0.1) is 18.0 Å². The van der Waals surface area contributed by atoms with Gasteiger partial charge in [-0.2, -0.15) is 5.10 Å². The average molecular weight is 267 g/mol. The zero-order valence-electron chi connectivity index (χ0n) is 10.3. The Morgan fingerprint density at radius 2 is 2.44 bits per heavy atom. The fraction of sp³-hybridized carbons (Fsp3) is 0.417. The molecule has 0 unspecified atom stereocenters. The molecule has 1 N–H and O–H groups in total. The minimum atomic E-state index is -2.99. The summed E-state index contributed by atoms with van der Waals surface area (Å²) in [5.41, 5.74) is 2.03. The molecule has 18 heavy (non-hydrogen) atoms. The van der Waals surface area contributed by atoms with Gasteiger partial charge >= 0.3 is 0 Å². The van der Waals surface area contributed by atoms with Crippen molar-refractivity contribution >= 4 is 9.84 Å². The predicted octanol–water partition coefficient (Wildman–Crippen LogP) is 0.778. The Hall–Kier alpha value is -1.40. The molecule has 0 spiro atoms. The maximum absolute atomic E-state index is 11.3. The lowest BCUT2D eigenvalue weighted by molar-refractivity contribution is 0.590. The van der Waals surface area contributed by atoms with Crippen molar-refractivity contribution in [3.05, 3.63) is 41.6 Å². The number of aromatic nitrogens is 2. The number of rotatable bonds is 5. The smallest absolute Gasteiger partial charge is 0.173 e. The second kappa shape index (κ2) is 5.07. The van der Waals surface area contributed by atoms with Crippen LogP contribution in [-0.2, 0) is 22.9 Å². The fourth-order valence-corrected chi connectivity index (χ4v) is 3.17. The van der Waals surface area contributed by atoms with E-state index < -0.39 is 9.84 Å². The van der Waals surface area contributed by atoms with Gasteiger partial charge in [0, 0.05) is 29.8 Å². The second-order valence-electron chi connectivity index (χ2n) is 4.40. The predicted molar refractivity (Wildman–Crippen MR) is 70.7 cm³/mol. The summed E-state index contributed by atoms with van der Waals surface area (Å²) >= 11 is 0. The largest absolute Gasteiger partial charge is 0.305 e. The van der Waals surface area contributed by atoms with Gasteiger partial charge < -0.3 is 5.32 Å². The van der Waals surface area contributed by atoms with Crippen LogP contribution < -0.4 is 5.32 Å². The standard InChI is InChI=1S/C12H17N3O2S/c1-3-5-15-8-11(10(2)14-15)7-13-12-4-6-18(16,17)9-12/h3-4,6,8,12-13H,1,5,7,9H2,2H3/t12-/m0/s1. The number of nitrogens with zero attached hydrogens (tertiary/aromatic N) is 2.